The van der Waals surface area contributed by atoms with Crippen molar-refractivity contribution in [2.24, 2.45) is 11.8 Å². The number of esters is 4. The molecule has 8 nitrogen and oxygen atoms in total. The van der Waals surface area contributed by atoms with E-state index < -0.39 is 23.9 Å². The van der Waals surface area contributed by atoms with Gasteiger partial charge in [-0.25, -0.2) is 19.2 Å². The first-order valence-corrected chi connectivity index (χ1v) is 12.2. The first-order valence-electron chi connectivity index (χ1n) is 12.2. The van der Waals surface area contributed by atoms with E-state index in [-0.39, 0.29) is 24.3 Å². The van der Waals surface area contributed by atoms with Crippen LogP contribution >= 0.6 is 0 Å². The molecular formula is C28H32O8. The Balaban J connectivity index is 1.37. The van der Waals surface area contributed by atoms with Crippen molar-refractivity contribution in [3.8, 4) is 0 Å². The number of rotatable bonds is 10. The Morgan fingerprint density at radius 1 is 0.611 bits per heavy atom. The van der Waals surface area contributed by atoms with Crippen LogP contribution in [-0.2, 0) is 18.9 Å². The van der Waals surface area contributed by atoms with E-state index in [0.29, 0.717) is 23.7 Å². The zero-order chi connectivity index (χ0) is 25.9. The van der Waals surface area contributed by atoms with Crippen molar-refractivity contribution in [1.82, 2.24) is 0 Å². The Kier molecular flexibility index (Phi) is 10.0. The molecule has 1 saturated carbocycles. The predicted octanol–water partition coefficient (Wildman–Crippen LogP) is 4.86. The molecule has 0 radical (unpaired) electrons. The van der Waals surface area contributed by atoms with Gasteiger partial charge < -0.3 is 18.9 Å². The van der Waals surface area contributed by atoms with Gasteiger partial charge in [0.25, 0.3) is 0 Å². The fourth-order valence-corrected chi connectivity index (χ4v) is 4.12. The van der Waals surface area contributed by atoms with Crippen LogP contribution in [-0.4, -0.2) is 50.8 Å². The summed E-state index contributed by atoms with van der Waals surface area (Å²) >= 11 is 0. The number of methoxy groups -OCH3 is 1. The molecule has 0 spiro atoms. The lowest BCUT2D eigenvalue weighted by atomic mass is 9.81. The molecule has 3 rings (SSSR count). The van der Waals surface area contributed by atoms with E-state index in [0.717, 1.165) is 18.8 Å². The van der Waals surface area contributed by atoms with Gasteiger partial charge in [-0.1, -0.05) is 26.2 Å². The number of carbonyl (C=O) groups is 4. The Morgan fingerprint density at radius 3 is 1.36 bits per heavy atom. The molecule has 8 heteroatoms. The second-order valence-electron chi connectivity index (χ2n) is 8.81. The fourth-order valence-electron chi connectivity index (χ4n) is 4.12. The molecule has 0 amide bonds. The van der Waals surface area contributed by atoms with Crippen molar-refractivity contribution in [2.75, 3.05) is 26.9 Å². The van der Waals surface area contributed by atoms with Crippen LogP contribution in [0.4, 0.5) is 0 Å². The zero-order valence-corrected chi connectivity index (χ0v) is 20.7. The molecule has 1 fully saturated rings. The van der Waals surface area contributed by atoms with Crippen LogP contribution in [0.2, 0.25) is 0 Å². The number of carbonyl (C=O) groups excluding carboxylic acids is 4. The summed E-state index contributed by atoms with van der Waals surface area (Å²) in [7, 11) is 1.27. The average molecular weight is 497 g/mol. The van der Waals surface area contributed by atoms with Crippen LogP contribution in [0.3, 0.4) is 0 Å². The van der Waals surface area contributed by atoms with Crippen molar-refractivity contribution in [2.45, 2.75) is 39.0 Å². The van der Waals surface area contributed by atoms with Crippen LogP contribution in [0, 0.1) is 11.8 Å². The minimum absolute atomic E-state index is 0.130. The molecule has 1 aliphatic carbocycles. The quantitative estimate of drug-likeness (QED) is 0.261. The summed E-state index contributed by atoms with van der Waals surface area (Å²) in [6, 6.07) is 11.9. The van der Waals surface area contributed by atoms with Gasteiger partial charge in [0, 0.05) is 0 Å². The average Bonchev–Trinajstić information content (AvgIpc) is 2.93. The molecule has 36 heavy (non-hydrogen) atoms. The Morgan fingerprint density at radius 2 is 0.972 bits per heavy atom. The molecule has 0 N–H and O–H groups in total. The van der Waals surface area contributed by atoms with Crippen LogP contribution in [0.5, 0.6) is 0 Å². The number of ether oxygens (including phenoxy) is 4. The second kappa shape index (κ2) is 13.4. The van der Waals surface area contributed by atoms with Gasteiger partial charge in [0.05, 0.1) is 36.0 Å². The van der Waals surface area contributed by atoms with Gasteiger partial charge in [0.1, 0.15) is 13.2 Å². The van der Waals surface area contributed by atoms with Gasteiger partial charge in [-0.15, -0.1) is 0 Å². The summed E-state index contributed by atoms with van der Waals surface area (Å²) in [5.41, 5.74) is 1.22. The predicted molar refractivity (Wildman–Crippen MR) is 131 cm³/mol. The highest BCUT2D eigenvalue weighted by Crippen LogP contribution is 2.30. The first-order chi connectivity index (χ1) is 17.4. The molecule has 1 aliphatic rings. The third-order valence-electron chi connectivity index (χ3n) is 6.44. The van der Waals surface area contributed by atoms with E-state index in [4.69, 9.17) is 14.2 Å². The van der Waals surface area contributed by atoms with Crippen molar-refractivity contribution in [1.29, 1.82) is 0 Å². The Labute approximate surface area is 210 Å². The number of benzene rings is 2. The van der Waals surface area contributed by atoms with Gasteiger partial charge in [0.2, 0.25) is 0 Å². The van der Waals surface area contributed by atoms with Crippen molar-refractivity contribution >= 4 is 23.9 Å². The first kappa shape index (κ1) is 26.9. The molecule has 2 aromatic rings. The molecule has 2 aromatic carbocycles. The van der Waals surface area contributed by atoms with E-state index in [9.17, 15) is 19.2 Å². The molecule has 0 atom stereocenters. The molecule has 0 aliphatic heterocycles. The molecular weight excluding hydrogens is 464 g/mol. The lowest BCUT2D eigenvalue weighted by Gasteiger charge is -2.27. The second-order valence-corrected chi connectivity index (χ2v) is 8.81. The highest BCUT2D eigenvalue weighted by atomic mass is 16.6. The smallest absolute Gasteiger partial charge is 0.338 e. The van der Waals surface area contributed by atoms with Gasteiger partial charge in [-0.3, -0.25) is 0 Å². The largest absolute Gasteiger partial charge is 0.465 e. The van der Waals surface area contributed by atoms with Gasteiger partial charge >= 0.3 is 23.9 Å². The summed E-state index contributed by atoms with van der Waals surface area (Å²) in [6.07, 6.45) is 5.78. The van der Waals surface area contributed by atoms with E-state index >= 15 is 0 Å². The van der Waals surface area contributed by atoms with E-state index in [1.807, 2.05) is 0 Å². The Hall–Kier alpha value is -3.68. The number of hydrogen-bond acceptors (Lipinski definition) is 8. The molecule has 192 valence electrons. The third kappa shape index (κ3) is 7.66. The summed E-state index contributed by atoms with van der Waals surface area (Å²) in [4.78, 5) is 48.1. The van der Waals surface area contributed by atoms with E-state index in [1.165, 1.54) is 74.9 Å². The zero-order valence-electron chi connectivity index (χ0n) is 20.7. The van der Waals surface area contributed by atoms with Crippen LogP contribution < -0.4 is 0 Å². The maximum absolute atomic E-state index is 12.3. The van der Waals surface area contributed by atoms with Gasteiger partial charge in [-0.05, 0) is 73.2 Å². The molecule has 0 aromatic heterocycles. The normalized spacial score (nSPS) is 17.1. The van der Waals surface area contributed by atoms with Crippen molar-refractivity contribution in [3.05, 3.63) is 70.8 Å². The van der Waals surface area contributed by atoms with Gasteiger partial charge in [0.15, 0.2) is 0 Å². The minimum Gasteiger partial charge on any atom is -0.465 e. The maximum atomic E-state index is 12.3. The fraction of sp³-hybridized carbons (Fsp3) is 0.429. The topological polar surface area (TPSA) is 105 Å². The molecule has 0 saturated heterocycles. The molecule has 0 bridgehead atoms. The summed E-state index contributed by atoms with van der Waals surface area (Å²) in [5, 5.41) is 0. The SMILES string of the molecule is CCC1CCC(COC(=O)c2ccc(C(=O)OCCOC(=O)c3ccc(C(=O)OC)cc3)cc2)CC1. The van der Waals surface area contributed by atoms with Crippen LogP contribution in [0.15, 0.2) is 48.5 Å². The standard InChI is InChI=1S/C28H32O8/c1-3-19-4-6-20(7-5-19)18-36-28(32)24-14-12-23(13-15-24)27(31)35-17-16-34-26(30)22-10-8-21(9-11-22)25(29)33-2/h8-15,19-20H,3-7,16-18H2,1-2H3. The lowest BCUT2D eigenvalue weighted by molar-refractivity contribution is 0.0265. The summed E-state index contributed by atoms with van der Waals surface area (Å²) in [5.74, 6) is -0.900. The van der Waals surface area contributed by atoms with Crippen LogP contribution in [0.1, 0.15) is 80.5 Å². The summed E-state index contributed by atoms with van der Waals surface area (Å²) in [6.45, 7) is 2.38. The highest BCUT2D eigenvalue weighted by molar-refractivity contribution is 5.94. The minimum atomic E-state index is -0.608. The van der Waals surface area contributed by atoms with E-state index in [1.54, 1.807) is 0 Å². The Bertz CT molecular complexity index is 1030. The van der Waals surface area contributed by atoms with Crippen LogP contribution in [0.25, 0.3) is 0 Å². The maximum Gasteiger partial charge on any atom is 0.338 e. The summed E-state index contributed by atoms with van der Waals surface area (Å²) < 4.78 is 20.3. The molecule has 0 heterocycles. The molecule has 0 unspecified atom stereocenters. The lowest BCUT2D eigenvalue weighted by Crippen LogP contribution is -2.20. The third-order valence-corrected chi connectivity index (χ3v) is 6.44. The highest BCUT2D eigenvalue weighted by Gasteiger charge is 2.21. The van der Waals surface area contributed by atoms with E-state index in [2.05, 4.69) is 11.7 Å². The van der Waals surface area contributed by atoms with Crippen molar-refractivity contribution in [3.63, 3.8) is 0 Å². The monoisotopic (exact) mass is 496 g/mol. The number of hydrogen-bond donors (Lipinski definition) is 0. The van der Waals surface area contributed by atoms with Gasteiger partial charge in [-0.2, -0.15) is 0 Å². The van der Waals surface area contributed by atoms with Crippen molar-refractivity contribution < 1.29 is 38.1 Å².